The first-order valence-electron chi connectivity index (χ1n) is 9.50. The summed E-state index contributed by atoms with van der Waals surface area (Å²) in [6.45, 7) is 1.61. The monoisotopic (exact) mass is 414 g/mol. The number of carbonyl (C=O) groups is 1. The standard InChI is InChI=1S/C21H20ClFN4O2/c22-14-4-7-19(26-8-2-1-3-9-26)18(10-14)25-20(28)12-27-13-24-17-6-5-15(23)11-16(17)21(27)29/h4-7,10-11,13H,1-3,8-9,12H2,(H,25,28). The number of amides is 1. The van der Waals surface area contributed by atoms with E-state index in [1.165, 1.54) is 29.4 Å². The van der Waals surface area contributed by atoms with E-state index in [0.717, 1.165) is 37.7 Å². The van der Waals surface area contributed by atoms with Gasteiger partial charge >= 0.3 is 0 Å². The van der Waals surface area contributed by atoms with Crippen molar-refractivity contribution in [1.29, 1.82) is 0 Å². The highest BCUT2D eigenvalue weighted by Crippen LogP contribution is 2.31. The van der Waals surface area contributed by atoms with Gasteiger partial charge in [-0.05, 0) is 55.7 Å². The van der Waals surface area contributed by atoms with Gasteiger partial charge in [0.15, 0.2) is 0 Å². The SMILES string of the molecule is O=C(Cn1cnc2ccc(F)cc2c1=O)Nc1cc(Cl)ccc1N1CCCCC1. The van der Waals surface area contributed by atoms with Crippen molar-refractivity contribution in [2.45, 2.75) is 25.8 Å². The molecule has 6 nitrogen and oxygen atoms in total. The summed E-state index contributed by atoms with van der Waals surface area (Å²) in [4.78, 5) is 31.6. The van der Waals surface area contributed by atoms with E-state index in [2.05, 4.69) is 15.2 Å². The van der Waals surface area contributed by atoms with Crippen LogP contribution in [0.15, 0.2) is 47.5 Å². The second-order valence-corrected chi connectivity index (χ2v) is 7.53. The highest BCUT2D eigenvalue weighted by atomic mass is 35.5. The molecule has 0 aliphatic carbocycles. The molecule has 0 bridgehead atoms. The van der Waals surface area contributed by atoms with Crippen LogP contribution in [0.5, 0.6) is 0 Å². The minimum Gasteiger partial charge on any atom is -0.370 e. The van der Waals surface area contributed by atoms with Crippen LogP contribution >= 0.6 is 11.6 Å². The third-order valence-electron chi connectivity index (χ3n) is 5.03. The Bertz CT molecular complexity index is 1130. The van der Waals surface area contributed by atoms with Gasteiger partial charge in [0, 0.05) is 18.1 Å². The van der Waals surface area contributed by atoms with Crippen LogP contribution in [0.4, 0.5) is 15.8 Å². The van der Waals surface area contributed by atoms with Crippen molar-refractivity contribution in [2.24, 2.45) is 0 Å². The van der Waals surface area contributed by atoms with Gasteiger partial charge in [-0.25, -0.2) is 9.37 Å². The predicted molar refractivity (Wildman–Crippen MR) is 112 cm³/mol. The fourth-order valence-corrected chi connectivity index (χ4v) is 3.78. The largest absolute Gasteiger partial charge is 0.370 e. The number of fused-ring (bicyclic) bond motifs is 1. The number of carbonyl (C=O) groups excluding carboxylic acids is 1. The lowest BCUT2D eigenvalue weighted by atomic mass is 10.1. The summed E-state index contributed by atoms with van der Waals surface area (Å²) in [5.41, 5.74) is 1.44. The summed E-state index contributed by atoms with van der Waals surface area (Å²) in [5, 5.41) is 3.51. The van der Waals surface area contributed by atoms with Gasteiger partial charge in [-0.1, -0.05) is 11.6 Å². The second-order valence-electron chi connectivity index (χ2n) is 7.10. The smallest absolute Gasteiger partial charge is 0.261 e. The molecule has 2 heterocycles. The topological polar surface area (TPSA) is 67.2 Å². The molecule has 0 spiro atoms. The van der Waals surface area contributed by atoms with Gasteiger partial charge in [-0.2, -0.15) is 0 Å². The van der Waals surface area contributed by atoms with Crippen molar-refractivity contribution in [1.82, 2.24) is 9.55 Å². The Hall–Kier alpha value is -2.93. The summed E-state index contributed by atoms with van der Waals surface area (Å²) in [6, 6.07) is 9.22. The van der Waals surface area contributed by atoms with Gasteiger partial charge in [0.05, 0.1) is 28.6 Å². The van der Waals surface area contributed by atoms with Crippen molar-refractivity contribution in [3.8, 4) is 0 Å². The number of aromatic nitrogens is 2. The minimum atomic E-state index is -0.524. The summed E-state index contributed by atoms with van der Waals surface area (Å²) in [5.74, 6) is -0.908. The molecule has 1 amide bonds. The van der Waals surface area contributed by atoms with Crippen molar-refractivity contribution in [2.75, 3.05) is 23.3 Å². The Kier molecular flexibility index (Phi) is 5.49. The number of halogens is 2. The molecule has 2 aromatic carbocycles. The molecule has 1 aromatic heterocycles. The molecule has 4 rings (SSSR count). The van der Waals surface area contributed by atoms with E-state index in [4.69, 9.17) is 11.6 Å². The van der Waals surface area contributed by atoms with E-state index < -0.39 is 11.4 Å². The van der Waals surface area contributed by atoms with Crippen LogP contribution in [0.25, 0.3) is 10.9 Å². The Morgan fingerprint density at radius 1 is 1.14 bits per heavy atom. The lowest BCUT2D eigenvalue weighted by molar-refractivity contribution is -0.116. The van der Waals surface area contributed by atoms with Crippen molar-refractivity contribution >= 4 is 39.8 Å². The lowest BCUT2D eigenvalue weighted by Gasteiger charge is -2.30. The molecule has 0 saturated carbocycles. The van der Waals surface area contributed by atoms with Gasteiger partial charge in [0.1, 0.15) is 12.4 Å². The highest BCUT2D eigenvalue weighted by molar-refractivity contribution is 6.31. The maximum atomic E-state index is 13.5. The van der Waals surface area contributed by atoms with E-state index in [9.17, 15) is 14.0 Å². The van der Waals surface area contributed by atoms with Gasteiger partial charge < -0.3 is 10.2 Å². The molecule has 150 valence electrons. The molecule has 0 atom stereocenters. The lowest BCUT2D eigenvalue weighted by Crippen LogP contribution is -2.31. The fraction of sp³-hybridized carbons (Fsp3) is 0.286. The number of piperidine rings is 1. The number of benzene rings is 2. The molecular weight excluding hydrogens is 395 g/mol. The molecule has 29 heavy (non-hydrogen) atoms. The molecular formula is C21H20ClFN4O2. The highest BCUT2D eigenvalue weighted by Gasteiger charge is 2.17. The van der Waals surface area contributed by atoms with Gasteiger partial charge in [0.2, 0.25) is 5.91 Å². The summed E-state index contributed by atoms with van der Waals surface area (Å²) >= 11 is 6.13. The van der Waals surface area contributed by atoms with Crippen LogP contribution in [0.1, 0.15) is 19.3 Å². The van der Waals surface area contributed by atoms with Crippen molar-refractivity contribution in [3.05, 3.63) is 63.9 Å². The van der Waals surface area contributed by atoms with Crippen molar-refractivity contribution in [3.63, 3.8) is 0 Å². The maximum absolute atomic E-state index is 13.5. The fourth-order valence-electron chi connectivity index (χ4n) is 3.61. The normalized spacial score (nSPS) is 14.2. The van der Waals surface area contributed by atoms with Gasteiger partial charge in [-0.3, -0.25) is 14.2 Å². The number of hydrogen-bond acceptors (Lipinski definition) is 4. The van der Waals surface area contributed by atoms with Crippen LogP contribution in [0.2, 0.25) is 5.02 Å². The number of rotatable bonds is 4. The summed E-state index contributed by atoms with van der Waals surface area (Å²) in [6.07, 6.45) is 4.70. The number of nitrogens with one attached hydrogen (secondary N) is 1. The average molecular weight is 415 g/mol. The van der Waals surface area contributed by atoms with E-state index in [-0.39, 0.29) is 17.8 Å². The van der Waals surface area contributed by atoms with Crippen LogP contribution in [-0.4, -0.2) is 28.5 Å². The zero-order chi connectivity index (χ0) is 20.4. The van der Waals surface area contributed by atoms with E-state index in [1.54, 1.807) is 12.1 Å². The molecule has 0 unspecified atom stereocenters. The first-order chi connectivity index (χ1) is 14.0. The Labute approximate surface area is 171 Å². The first kappa shape index (κ1) is 19.4. The molecule has 1 saturated heterocycles. The summed E-state index contributed by atoms with van der Waals surface area (Å²) in [7, 11) is 0. The predicted octanol–water partition coefficient (Wildman–Crippen LogP) is 3.82. The summed E-state index contributed by atoms with van der Waals surface area (Å²) < 4.78 is 14.7. The zero-order valence-corrected chi connectivity index (χ0v) is 16.5. The van der Waals surface area contributed by atoms with E-state index in [1.807, 2.05) is 6.07 Å². The van der Waals surface area contributed by atoms with E-state index in [0.29, 0.717) is 16.2 Å². The third kappa shape index (κ3) is 4.24. The molecule has 1 aliphatic rings. The second kappa shape index (κ2) is 8.21. The first-order valence-corrected chi connectivity index (χ1v) is 9.88. The van der Waals surface area contributed by atoms with Crippen LogP contribution in [0, 0.1) is 5.82 Å². The average Bonchev–Trinajstić information content (AvgIpc) is 2.71. The molecule has 3 aromatic rings. The Balaban J connectivity index is 1.57. The maximum Gasteiger partial charge on any atom is 0.261 e. The molecule has 1 N–H and O–H groups in total. The Morgan fingerprint density at radius 2 is 1.93 bits per heavy atom. The number of hydrogen-bond donors (Lipinski definition) is 1. The third-order valence-corrected chi connectivity index (χ3v) is 5.26. The number of anilines is 2. The van der Waals surface area contributed by atoms with Crippen LogP contribution in [0.3, 0.4) is 0 Å². The van der Waals surface area contributed by atoms with E-state index >= 15 is 0 Å². The molecule has 8 heteroatoms. The zero-order valence-electron chi connectivity index (χ0n) is 15.7. The van der Waals surface area contributed by atoms with Crippen LogP contribution < -0.4 is 15.8 Å². The van der Waals surface area contributed by atoms with Gasteiger partial charge in [-0.15, -0.1) is 0 Å². The molecule has 0 radical (unpaired) electrons. The Morgan fingerprint density at radius 3 is 2.72 bits per heavy atom. The van der Waals surface area contributed by atoms with Crippen molar-refractivity contribution < 1.29 is 9.18 Å². The molecule has 1 aliphatic heterocycles. The quantitative estimate of drug-likeness (QED) is 0.704. The number of nitrogens with zero attached hydrogens (tertiary/aromatic N) is 3. The van der Waals surface area contributed by atoms with Gasteiger partial charge in [0.25, 0.3) is 5.56 Å². The van der Waals surface area contributed by atoms with Crippen LogP contribution in [-0.2, 0) is 11.3 Å². The molecule has 1 fully saturated rings. The minimum absolute atomic E-state index is 0.136.